The SMILES string of the molecule is NC1=NCC2COCC2(c2cc(NC(=O)c3ccc(F)cn3)ccc2F)S1. The maximum atomic E-state index is 14.7. The van der Waals surface area contributed by atoms with E-state index >= 15 is 0 Å². The van der Waals surface area contributed by atoms with Crippen LogP contribution in [0.2, 0.25) is 0 Å². The second-order valence-corrected chi connectivity index (χ2v) is 7.74. The summed E-state index contributed by atoms with van der Waals surface area (Å²) in [5.74, 6) is -1.45. The van der Waals surface area contributed by atoms with Crippen molar-refractivity contribution >= 4 is 28.5 Å². The van der Waals surface area contributed by atoms with Gasteiger partial charge in [0, 0.05) is 23.7 Å². The van der Waals surface area contributed by atoms with Gasteiger partial charge in [0.05, 0.1) is 24.2 Å². The van der Waals surface area contributed by atoms with Gasteiger partial charge in [-0.05, 0) is 30.3 Å². The number of hydrogen-bond acceptors (Lipinski definition) is 6. The highest BCUT2D eigenvalue weighted by Gasteiger charge is 2.50. The highest BCUT2D eigenvalue weighted by atomic mass is 32.2. The highest BCUT2D eigenvalue weighted by molar-refractivity contribution is 8.14. The molecule has 2 aliphatic rings. The first-order valence-electron chi connectivity index (χ1n) is 8.27. The van der Waals surface area contributed by atoms with Gasteiger partial charge in [-0.3, -0.25) is 9.79 Å². The summed E-state index contributed by atoms with van der Waals surface area (Å²) in [5, 5.41) is 3.06. The molecule has 3 N–H and O–H groups in total. The highest BCUT2D eigenvalue weighted by Crippen LogP contribution is 2.50. The summed E-state index contributed by atoms with van der Waals surface area (Å²) in [6.07, 6.45) is 0.964. The summed E-state index contributed by atoms with van der Waals surface area (Å²) in [4.78, 5) is 20.3. The third kappa shape index (κ3) is 3.28. The Morgan fingerprint density at radius 3 is 2.96 bits per heavy atom. The minimum Gasteiger partial charge on any atom is -0.379 e. The molecule has 6 nitrogen and oxygen atoms in total. The number of thioether (sulfide) groups is 1. The van der Waals surface area contributed by atoms with Crippen molar-refractivity contribution in [1.29, 1.82) is 0 Å². The van der Waals surface area contributed by atoms with Gasteiger partial charge in [-0.1, -0.05) is 11.8 Å². The van der Waals surface area contributed by atoms with Crippen molar-refractivity contribution in [3.63, 3.8) is 0 Å². The Labute approximate surface area is 158 Å². The molecule has 1 fully saturated rings. The Kier molecular flexibility index (Phi) is 4.56. The topological polar surface area (TPSA) is 89.6 Å². The molecule has 2 atom stereocenters. The molecule has 1 aromatic carbocycles. The molecule has 3 heterocycles. The van der Waals surface area contributed by atoms with Crippen LogP contribution in [0.25, 0.3) is 0 Å². The zero-order valence-corrected chi connectivity index (χ0v) is 14.9. The van der Waals surface area contributed by atoms with Crippen molar-refractivity contribution in [3.8, 4) is 0 Å². The molecular formula is C18H16F2N4O2S. The molecule has 140 valence electrons. The molecule has 2 aromatic rings. The number of benzene rings is 1. The van der Waals surface area contributed by atoms with Crippen LogP contribution < -0.4 is 11.1 Å². The number of nitrogens with zero attached hydrogens (tertiary/aromatic N) is 2. The van der Waals surface area contributed by atoms with Gasteiger partial charge in [0.25, 0.3) is 5.91 Å². The van der Waals surface area contributed by atoms with E-state index in [2.05, 4.69) is 15.3 Å². The maximum Gasteiger partial charge on any atom is 0.274 e. The first-order valence-corrected chi connectivity index (χ1v) is 9.09. The number of carbonyl (C=O) groups is 1. The predicted octanol–water partition coefficient (Wildman–Crippen LogP) is 2.52. The second kappa shape index (κ2) is 6.90. The van der Waals surface area contributed by atoms with Crippen molar-refractivity contribution in [2.45, 2.75) is 4.75 Å². The Balaban J connectivity index is 1.65. The lowest BCUT2D eigenvalue weighted by molar-refractivity contribution is 0.102. The van der Waals surface area contributed by atoms with E-state index in [0.717, 1.165) is 12.3 Å². The number of nitrogens with one attached hydrogen (secondary N) is 1. The molecule has 9 heteroatoms. The van der Waals surface area contributed by atoms with Crippen LogP contribution in [0.3, 0.4) is 0 Å². The van der Waals surface area contributed by atoms with Crippen LogP contribution in [-0.4, -0.2) is 35.8 Å². The van der Waals surface area contributed by atoms with Gasteiger partial charge in [-0.25, -0.2) is 13.8 Å². The summed E-state index contributed by atoms with van der Waals surface area (Å²) in [5.41, 5.74) is 6.78. The summed E-state index contributed by atoms with van der Waals surface area (Å²) >= 11 is 1.29. The number of anilines is 1. The van der Waals surface area contributed by atoms with Crippen LogP contribution in [0.1, 0.15) is 16.1 Å². The third-order valence-electron chi connectivity index (χ3n) is 4.69. The zero-order chi connectivity index (χ0) is 19.0. The largest absolute Gasteiger partial charge is 0.379 e. The maximum absolute atomic E-state index is 14.7. The molecular weight excluding hydrogens is 374 g/mol. The quantitative estimate of drug-likeness (QED) is 0.841. The molecule has 0 saturated carbocycles. The molecule has 0 bridgehead atoms. The number of nitrogens with two attached hydrogens (primary N) is 1. The lowest BCUT2D eigenvalue weighted by atomic mass is 9.87. The number of aliphatic imine (C=N–C) groups is 1. The average Bonchev–Trinajstić information content (AvgIpc) is 3.07. The van der Waals surface area contributed by atoms with Gasteiger partial charge in [-0.15, -0.1) is 0 Å². The van der Waals surface area contributed by atoms with Gasteiger partial charge in [0.15, 0.2) is 5.17 Å². The number of pyridine rings is 1. The van der Waals surface area contributed by atoms with Crippen LogP contribution in [-0.2, 0) is 9.48 Å². The van der Waals surface area contributed by atoms with Crippen LogP contribution in [0.15, 0.2) is 41.5 Å². The van der Waals surface area contributed by atoms with Crippen molar-refractivity contribution in [2.24, 2.45) is 16.6 Å². The number of halogens is 2. The zero-order valence-electron chi connectivity index (χ0n) is 14.1. The summed E-state index contributed by atoms with van der Waals surface area (Å²) in [6, 6.07) is 6.79. The van der Waals surface area contributed by atoms with Crippen molar-refractivity contribution in [1.82, 2.24) is 4.98 Å². The van der Waals surface area contributed by atoms with Crippen molar-refractivity contribution in [2.75, 3.05) is 25.1 Å². The second-order valence-electron chi connectivity index (χ2n) is 6.39. The van der Waals surface area contributed by atoms with E-state index in [1.807, 2.05) is 0 Å². The van der Waals surface area contributed by atoms with Crippen LogP contribution >= 0.6 is 11.8 Å². The first kappa shape index (κ1) is 17.9. The van der Waals surface area contributed by atoms with Gasteiger partial charge < -0.3 is 15.8 Å². The van der Waals surface area contributed by atoms with E-state index in [9.17, 15) is 13.6 Å². The van der Waals surface area contributed by atoms with E-state index in [1.165, 1.54) is 30.0 Å². The van der Waals surface area contributed by atoms with E-state index in [-0.39, 0.29) is 11.6 Å². The summed E-state index contributed by atoms with van der Waals surface area (Å²) in [7, 11) is 0. The summed E-state index contributed by atoms with van der Waals surface area (Å²) in [6.45, 7) is 1.25. The van der Waals surface area contributed by atoms with E-state index in [4.69, 9.17) is 10.5 Å². The minimum absolute atomic E-state index is 0.00554. The predicted molar refractivity (Wildman–Crippen MR) is 98.6 cm³/mol. The molecule has 2 unspecified atom stereocenters. The molecule has 2 aliphatic heterocycles. The molecule has 0 radical (unpaired) electrons. The number of amides is 1. The minimum atomic E-state index is -0.676. The standard InChI is InChI=1S/C18H16F2N4O2S/c19-11-1-4-15(22-7-11)16(25)24-12-2-3-14(20)13(5-12)18-9-26-8-10(18)6-23-17(21)27-18/h1-5,7,10H,6,8-9H2,(H2,21,23)(H,24,25). The average molecular weight is 390 g/mol. The van der Waals surface area contributed by atoms with E-state index < -0.39 is 22.3 Å². The summed E-state index contributed by atoms with van der Waals surface area (Å²) < 4.78 is 32.6. The van der Waals surface area contributed by atoms with Gasteiger partial charge in [0.2, 0.25) is 0 Å². The Morgan fingerprint density at radius 1 is 1.33 bits per heavy atom. The van der Waals surface area contributed by atoms with Crippen molar-refractivity contribution in [3.05, 3.63) is 59.4 Å². The Bertz CT molecular complexity index is 922. The number of aromatic nitrogens is 1. The van der Waals surface area contributed by atoms with Gasteiger partial charge in [-0.2, -0.15) is 0 Å². The third-order valence-corrected chi connectivity index (χ3v) is 6.06. The Hall–Kier alpha value is -2.52. The lowest BCUT2D eigenvalue weighted by Crippen LogP contribution is -2.39. The van der Waals surface area contributed by atoms with Crippen LogP contribution in [0, 0.1) is 17.6 Å². The van der Waals surface area contributed by atoms with E-state index in [1.54, 1.807) is 6.07 Å². The fourth-order valence-corrected chi connectivity index (χ4v) is 4.55. The normalized spacial score (nSPS) is 24.2. The fourth-order valence-electron chi connectivity index (χ4n) is 3.32. The number of fused-ring (bicyclic) bond motifs is 1. The number of rotatable bonds is 3. The molecule has 4 rings (SSSR count). The molecule has 1 aromatic heterocycles. The number of ether oxygens (including phenoxy) is 1. The van der Waals surface area contributed by atoms with E-state index in [0.29, 0.717) is 36.2 Å². The smallest absolute Gasteiger partial charge is 0.274 e. The van der Waals surface area contributed by atoms with Crippen molar-refractivity contribution < 1.29 is 18.3 Å². The molecule has 1 saturated heterocycles. The van der Waals surface area contributed by atoms with Gasteiger partial charge in [0.1, 0.15) is 17.3 Å². The lowest BCUT2D eigenvalue weighted by Gasteiger charge is -2.35. The van der Waals surface area contributed by atoms with Crippen LogP contribution in [0.4, 0.5) is 14.5 Å². The number of carbonyl (C=O) groups excluding carboxylic acids is 1. The van der Waals surface area contributed by atoms with Crippen LogP contribution in [0.5, 0.6) is 0 Å². The molecule has 0 aliphatic carbocycles. The molecule has 1 amide bonds. The first-order chi connectivity index (χ1) is 13.0. The fraction of sp³-hybridized carbons (Fsp3) is 0.278. The number of amidine groups is 1. The Morgan fingerprint density at radius 2 is 2.19 bits per heavy atom. The monoisotopic (exact) mass is 390 g/mol. The molecule has 0 spiro atoms. The van der Waals surface area contributed by atoms with Gasteiger partial charge >= 0.3 is 0 Å². The number of hydrogen-bond donors (Lipinski definition) is 2. The molecule has 27 heavy (non-hydrogen) atoms.